The fraction of sp³-hybridized carbons (Fsp3) is 0.846. The summed E-state index contributed by atoms with van der Waals surface area (Å²) in [5, 5.41) is 3.61. The number of nitrogens with zero attached hydrogens (tertiary/aromatic N) is 1. The summed E-state index contributed by atoms with van der Waals surface area (Å²) in [5.41, 5.74) is 1.41. The molecule has 0 unspecified atom stereocenters. The van der Waals surface area contributed by atoms with Gasteiger partial charge in [0, 0.05) is 12.6 Å². The molecule has 1 rings (SSSR count). The SMILES string of the molecule is CCCN1CCC(NCC=C(C)C)CC1. The third-order valence-corrected chi connectivity index (χ3v) is 3.04. The van der Waals surface area contributed by atoms with Crippen molar-refractivity contribution in [2.24, 2.45) is 0 Å². The van der Waals surface area contributed by atoms with Crippen LogP contribution in [-0.4, -0.2) is 37.1 Å². The van der Waals surface area contributed by atoms with E-state index in [-0.39, 0.29) is 0 Å². The van der Waals surface area contributed by atoms with Crippen molar-refractivity contribution >= 4 is 0 Å². The van der Waals surface area contributed by atoms with Gasteiger partial charge in [-0.1, -0.05) is 18.6 Å². The van der Waals surface area contributed by atoms with Gasteiger partial charge in [0.2, 0.25) is 0 Å². The van der Waals surface area contributed by atoms with Crippen LogP contribution in [0.4, 0.5) is 0 Å². The number of hydrogen-bond acceptors (Lipinski definition) is 2. The highest BCUT2D eigenvalue weighted by Crippen LogP contribution is 2.10. The van der Waals surface area contributed by atoms with Gasteiger partial charge in [0.15, 0.2) is 0 Å². The molecule has 0 aromatic heterocycles. The monoisotopic (exact) mass is 210 g/mol. The predicted octanol–water partition coefficient (Wildman–Crippen LogP) is 2.42. The van der Waals surface area contributed by atoms with Crippen molar-refractivity contribution in [3.63, 3.8) is 0 Å². The predicted molar refractivity (Wildman–Crippen MR) is 67.2 cm³/mol. The zero-order valence-corrected chi connectivity index (χ0v) is 10.6. The van der Waals surface area contributed by atoms with Gasteiger partial charge in [0.05, 0.1) is 0 Å². The maximum absolute atomic E-state index is 3.61. The zero-order chi connectivity index (χ0) is 11.1. The van der Waals surface area contributed by atoms with Crippen LogP contribution in [-0.2, 0) is 0 Å². The summed E-state index contributed by atoms with van der Waals surface area (Å²) in [6, 6.07) is 0.744. The van der Waals surface area contributed by atoms with Crippen LogP contribution in [0.1, 0.15) is 40.0 Å². The van der Waals surface area contributed by atoms with Crippen LogP contribution in [0, 0.1) is 0 Å². The molecule has 0 aromatic carbocycles. The number of hydrogen-bond donors (Lipinski definition) is 1. The Labute approximate surface area is 94.7 Å². The number of allylic oxidation sites excluding steroid dienone is 1. The first kappa shape index (κ1) is 12.7. The van der Waals surface area contributed by atoms with Crippen LogP contribution >= 0.6 is 0 Å². The van der Waals surface area contributed by atoms with Gasteiger partial charge in [-0.15, -0.1) is 0 Å². The molecule has 88 valence electrons. The standard InChI is InChI=1S/C13H26N2/c1-4-9-15-10-6-13(7-11-15)14-8-5-12(2)3/h5,13-14H,4,6-11H2,1-3H3. The summed E-state index contributed by atoms with van der Waals surface area (Å²) in [4.78, 5) is 2.58. The van der Waals surface area contributed by atoms with Gasteiger partial charge < -0.3 is 10.2 Å². The molecule has 0 bridgehead atoms. The van der Waals surface area contributed by atoms with Crippen LogP contribution in [0.15, 0.2) is 11.6 Å². The second-order valence-corrected chi connectivity index (χ2v) is 4.81. The van der Waals surface area contributed by atoms with Crippen LogP contribution in [0.5, 0.6) is 0 Å². The van der Waals surface area contributed by atoms with E-state index in [4.69, 9.17) is 0 Å². The molecule has 0 saturated carbocycles. The van der Waals surface area contributed by atoms with Crippen molar-refractivity contribution in [3.8, 4) is 0 Å². The molecule has 1 aliphatic rings. The Morgan fingerprint density at radius 3 is 2.53 bits per heavy atom. The highest BCUT2D eigenvalue weighted by Gasteiger charge is 2.17. The van der Waals surface area contributed by atoms with E-state index in [0.717, 1.165) is 12.6 Å². The van der Waals surface area contributed by atoms with Crippen LogP contribution in [0.3, 0.4) is 0 Å². The fourth-order valence-corrected chi connectivity index (χ4v) is 2.11. The third kappa shape index (κ3) is 5.33. The molecule has 2 heteroatoms. The summed E-state index contributed by atoms with van der Waals surface area (Å²) in [6.45, 7) is 11.5. The second-order valence-electron chi connectivity index (χ2n) is 4.81. The first-order chi connectivity index (χ1) is 7.22. The molecule has 2 nitrogen and oxygen atoms in total. The first-order valence-electron chi connectivity index (χ1n) is 6.31. The number of rotatable bonds is 5. The second kappa shape index (κ2) is 7.02. The smallest absolute Gasteiger partial charge is 0.0139 e. The molecule has 0 aliphatic carbocycles. The molecule has 15 heavy (non-hydrogen) atoms. The molecule has 1 fully saturated rings. The minimum absolute atomic E-state index is 0.744. The Morgan fingerprint density at radius 1 is 1.33 bits per heavy atom. The Bertz CT molecular complexity index is 187. The summed E-state index contributed by atoms with van der Waals surface area (Å²) in [6.07, 6.45) is 6.20. The van der Waals surface area contributed by atoms with Gasteiger partial charge in [-0.05, 0) is 52.7 Å². The topological polar surface area (TPSA) is 15.3 Å². The highest BCUT2D eigenvalue weighted by molar-refractivity contribution is 4.95. The van der Waals surface area contributed by atoms with E-state index >= 15 is 0 Å². The largest absolute Gasteiger partial charge is 0.310 e. The molecule has 0 amide bonds. The van der Waals surface area contributed by atoms with Crippen molar-refractivity contribution in [1.82, 2.24) is 10.2 Å². The molecule has 0 aromatic rings. The quantitative estimate of drug-likeness (QED) is 0.701. The van der Waals surface area contributed by atoms with Crippen molar-refractivity contribution in [3.05, 3.63) is 11.6 Å². The molecule has 1 saturated heterocycles. The summed E-state index contributed by atoms with van der Waals surface area (Å²) in [7, 11) is 0. The average molecular weight is 210 g/mol. The van der Waals surface area contributed by atoms with Crippen LogP contribution in [0.2, 0.25) is 0 Å². The zero-order valence-electron chi connectivity index (χ0n) is 10.6. The molecular weight excluding hydrogens is 184 g/mol. The minimum atomic E-state index is 0.744. The van der Waals surface area contributed by atoms with E-state index < -0.39 is 0 Å². The molecule has 1 N–H and O–H groups in total. The van der Waals surface area contributed by atoms with Gasteiger partial charge >= 0.3 is 0 Å². The molecule has 1 aliphatic heterocycles. The summed E-state index contributed by atoms with van der Waals surface area (Å²) < 4.78 is 0. The Balaban J connectivity index is 2.12. The van der Waals surface area contributed by atoms with Crippen molar-refractivity contribution in [2.45, 2.75) is 46.1 Å². The van der Waals surface area contributed by atoms with Gasteiger partial charge in [0.1, 0.15) is 0 Å². The Morgan fingerprint density at radius 2 is 2.00 bits per heavy atom. The summed E-state index contributed by atoms with van der Waals surface area (Å²) in [5.74, 6) is 0. The van der Waals surface area contributed by atoms with E-state index in [1.54, 1.807) is 0 Å². The maximum atomic E-state index is 3.61. The molecular formula is C13H26N2. The van der Waals surface area contributed by atoms with Crippen molar-refractivity contribution < 1.29 is 0 Å². The normalized spacial score (nSPS) is 19.1. The minimum Gasteiger partial charge on any atom is -0.310 e. The third-order valence-electron chi connectivity index (χ3n) is 3.04. The number of piperidine rings is 1. The van der Waals surface area contributed by atoms with Crippen LogP contribution in [0.25, 0.3) is 0 Å². The van der Waals surface area contributed by atoms with Gasteiger partial charge in [-0.25, -0.2) is 0 Å². The Hall–Kier alpha value is -0.340. The highest BCUT2D eigenvalue weighted by atomic mass is 15.1. The lowest BCUT2D eigenvalue weighted by molar-refractivity contribution is 0.200. The summed E-state index contributed by atoms with van der Waals surface area (Å²) >= 11 is 0. The molecule has 1 heterocycles. The molecule has 0 spiro atoms. The maximum Gasteiger partial charge on any atom is 0.0139 e. The van der Waals surface area contributed by atoms with Gasteiger partial charge in [-0.2, -0.15) is 0 Å². The van der Waals surface area contributed by atoms with Gasteiger partial charge in [0.25, 0.3) is 0 Å². The lowest BCUT2D eigenvalue weighted by Crippen LogP contribution is -2.42. The molecule has 0 radical (unpaired) electrons. The van der Waals surface area contributed by atoms with E-state index in [2.05, 4.69) is 37.1 Å². The number of likely N-dealkylation sites (tertiary alicyclic amines) is 1. The lowest BCUT2D eigenvalue weighted by Gasteiger charge is -2.32. The van der Waals surface area contributed by atoms with E-state index in [9.17, 15) is 0 Å². The van der Waals surface area contributed by atoms with E-state index in [0.29, 0.717) is 0 Å². The Kier molecular flexibility index (Phi) is 5.96. The fourth-order valence-electron chi connectivity index (χ4n) is 2.11. The van der Waals surface area contributed by atoms with Crippen molar-refractivity contribution in [2.75, 3.05) is 26.2 Å². The lowest BCUT2D eigenvalue weighted by atomic mass is 10.0. The van der Waals surface area contributed by atoms with Gasteiger partial charge in [-0.3, -0.25) is 0 Å². The van der Waals surface area contributed by atoms with Crippen molar-refractivity contribution in [1.29, 1.82) is 0 Å². The average Bonchev–Trinajstić information content (AvgIpc) is 2.20. The van der Waals surface area contributed by atoms with E-state index in [1.165, 1.54) is 44.5 Å². The number of nitrogens with one attached hydrogen (secondary N) is 1. The van der Waals surface area contributed by atoms with E-state index in [1.807, 2.05) is 0 Å². The molecule has 0 atom stereocenters. The van der Waals surface area contributed by atoms with Crippen LogP contribution < -0.4 is 5.32 Å². The first-order valence-corrected chi connectivity index (χ1v) is 6.31.